The summed E-state index contributed by atoms with van der Waals surface area (Å²) in [6.45, 7) is 4.40. The van der Waals surface area contributed by atoms with Gasteiger partial charge in [0.2, 0.25) is 5.43 Å². The zero-order valence-electron chi connectivity index (χ0n) is 13.3. The Morgan fingerprint density at radius 1 is 1.29 bits per heavy atom. The molecule has 24 heavy (non-hydrogen) atoms. The van der Waals surface area contributed by atoms with Gasteiger partial charge in [-0.2, -0.15) is 0 Å². The first kappa shape index (κ1) is 16.2. The van der Waals surface area contributed by atoms with Crippen LogP contribution in [0.3, 0.4) is 0 Å². The monoisotopic (exact) mass is 341 g/mol. The summed E-state index contributed by atoms with van der Waals surface area (Å²) in [6.07, 6.45) is 1.57. The molecule has 0 atom stereocenters. The Morgan fingerprint density at radius 3 is 2.79 bits per heavy atom. The lowest BCUT2D eigenvalue weighted by Crippen LogP contribution is -2.24. The van der Waals surface area contributed by atoms with Crippen molar-refractivity contribution in [1.82, 2.24) is 9.55 Å². The van der Waals surface area contributed by atoms with Crippen molar-refractivity contribution in [3.63, 3.8) is 0 Å². The molecule has 2 heterocycles. The van der Waals surface area contributed by atoms with Crippen molar-refractivity contribution in [1.29, 1.82) is 0 Å². The molecule has 0 bridgehead atoms. The molecule has 0 fully saturated rings. The first-order valence-electron chi connectivity index (χ1n) is 7.57. The highest BCUT2D eigenvalue weighted by atomic mass is 35.5. The van der Waals surface area contributed by atoms with Gasteiger partial charge in [0.1, 0.15) is 11.4 Å². The van der Waals surface area contributed by atoms with E-state index < -0.39 is 5.91 Å². The Balaban J connectivity index is 2.10. The van der Waals surface area contributed by atoms with E-state index in [1.165, 1.54) is 0 Å². The second-order valence-corrected chi connectivity index (χ2v) is 5.87. The van der Waals surface area contributed by atoms with Gasteiger partial charge in [0.25, 0.3) is 5.91 Å². The molecule has 0 radical (unpaired) electrons. The number of hydrogen-bond acceptors (Lipinski definition) is 3. The zero-order chi connectivity index (χ0) is 17.3. The van der Waals surface area contributed by atoms with Gasteiger partial charge < -0.3 is 9.88 Å². The molecule has 0 aliphatic rings. The van der Waals surface area contributed by atoms with Crippen LogP contribution in [0.5, 0.6) is 0 Å². The van der Waals surface area contributed by atoms with Gasteiger partial charge in [-0.3, -0.25) is 9.59 Å². The molecule has 1 N–H and O–H groups in total. The number of aryl methyl sites for hydroxylation is 2. The number of aromatic nitrogens is 2. The summed E-state index contributed by atoms with van der Waals surface area (Å²) >= 11 is 6.01. The van der Waals surface area contributed by atoms with E-state index in [4.69, 9.17) is 11.6 Å². The van der Waals surface area contributed by atoms with E-state index in [0.717, 1.165) is 11.2 Å². The number of benzene rings is 1. The quantitative estimate of drug-likeness (QED) is 0.791. The van der Waals surface area contributed by atoms with Crippen LogP contribution in [0.2, 0.25) is 5.02 Å². The van der Waals surface area contributed by atoms with E-state index in [9.17, 15) is 9.59 Å². The molecule has 5 nitrogen and oxygen atoms in total. The highest BCUT2D eigenvalue weighted by molar-refractivity contribution is 6.31. The molecule has 1 aromatic carbocycles. The number of nitrogens with one attached hydrogen (secondary N) is 1. The average molecular weight is 342 g/mol. The van der Waals surface area contributed by atoms with Gasteiger partial charge in [-0.15, -0.1) is 0 Å². The molecule has 2 aromatic heterocycles. The van der Waals surface area contributed by atoms with Crippen LogP contribution in [0, 0.1) is 6.92 Å². The molecular weight excluding hydrogens is 326 g/mol. The topological polar surface area (TPSA) is 64.0 Å². The van der Waals surface area contributed by atoms with Crippen LogP contribution in [-0.4, -0.2) is 15.5 Å². The Bertz CT molecular complexity index is 995. The van der Waals surface area contributed by atoms with Gasteiger partial charge in [-0.05, 0) is 44.2 Å². The smallest absolute Gasteiger partial charge is 0.262 e. The van der Waals surface area contributed by atoms with E-state index in [2.05, 4.69) is 10.3 Å². The minimum Gasteiger partial charge on any atom is -0.347 e. The fourth-order valence-corrected chi connectivity index (χ4v) is 2.76. The van der Waals surface area contributed by atoms with Gasteiger partial charge in [0.15, 0.2) is 0 Å². The van der Waals surface area contributed by atoms with Crippen LogP contribution in [0.15, 0.2) is 47.4 Å². The lowest BCUT2D eigenvalue weighted by Gasteiger charge is -2.12. The number of pyridine rings is 2. The van der Waals surface area contributed by atoms with Gasteiger partial charge >= 0.3 is 0 Å². The minimum atomic E-state index is -0.484. The second kappa shape index (κ2) is 6.45. The Labute approximate surface area is 143 Å². The van der Waals surface area contributed by atoms with Crippen molar-refractivity contribution in [2.24, 2.45) is 0 Å². The number of amides is 1. The third-order valence-electron chi connectivity index (χ3n) is 3.76. The predicted octanol–water partition coefficient (Wildman–Crippen LogP) is 3.63. The van der Waals surface area contributed by atoms with Crippen LogP contribution in [-0.2, 0) is 6.54 Å². The van der Waals surface area contributed by atoms with Crippen LogP contribution in [0.4, 0.5) is 5.82 Å². The molecule has 0 aliphatic heterocycles. The van der Waals surface area contributed by atoms with E-state index >= 15 is 0 Å². The van der Waals surface area contributed by atoms with E-state index in [1.54, 1.807) is 36.5 Å². The standard InChI is InChI=1S/C18H16ClN3O2/c1-3-22-10-14(17(23)13-9-12(19)7-8-15(13)22)18(24)21-16-6-4-5-11(2)20-16/h4-10H,3H2,1-2H3,(H,20,21,24). The molecular formula is C18H16ClN3O2. The van der Waals surface area contributed by atoms with Crippen molar-refractivity contribution in [3.8, 4) is 0 Å². The second-order valence-electron chi connectivity index (χ2n) is 5.44. The summed E-state index contributed by atoms with van der Waals surface area (Å²) in [5.41, 5.74) is 1.25. The Hall–Kier alpha value is -2.66. The highest BCUT2D eigenvalue weighted by Crippen LogP contribution is 2.18. The van der Waals surface area contributed by atoms with Crippen LogP contribution >= 0.6 is 11.6 Å². The fourth-order valence-electron chi connectivity index (χ4n) is 2.59. The van der Waals surface area contributed by atoms with Crippen molar-refractivity contribution in [3.05, 3.63) is 69.1 Å². The van der Waals surface area contributed by atoms with Gasteiger partial charge in [0.05, 0.1) is 5.52 Å². The number of carbonyl (C=O) groups is 1. The maximum Gasteiger partial charge on any atom is 0.262 e. The summed E-state index contributed by atoms with van der Waals surface area (Å²) in [6, 6.07) is 10.4. The van der Waals surface area contributed by atoms with Crippen LogP contribution < -0.4 is 10.7 Å². The maximum absolute atomic E-state index is 12.7. The lowest BCUT2D eigenvalue weighted by molar-refractivity contribution is 0.102. The predicted molar refractivity (Wildman–Crippen MR) is 95.8 cm³/mol. The molecule has 0 spiro atoms. The SMILES string of the molecule is CCn1cc(C(=O)Nc2cccc(C)n2)c(=O)c2cc(Cl)ccc21. The number of carbonyl (C=O) groups excluding carboxylic acids is 1. The third kappa shape index (κ3) is 3.03. The molecule has 6 heteroatoms. The molecule has 122 valence electrons. The first-order chi connectivity index (χ1) is 11.5. The van der Waals surface area contributed by atoms with E-state index in [-0.39, 0.29) is 11.0 Å². The number of fused-ring (bicyclic) bond motifs is 1. The lowest BCUT2D eigenvalue weighted by atomic mass is 10.1. The first-order valence-corrected chi connectivity index (χ1v) is 7.95. The molecule has 1 amide bonds. The van der Waals surface area contributed by atoms with Crippen molar-refractivity contribution in [2.75, 3.05) is 5.32 Å². The number of halogens is 1. The maximum atomic E-state index is 12.7. The van der Waals surface area contributed by atoms with Gasteiger partial charge in [-0.1, -0.05) is 17.7 Å². The van der Waals surface area contributed by atoms with Gasteiger partial charge in [0, 0.05) is 28.8 Å². The molecule has 0 unspecified atom stereocenters. The largest absolute Gasteiger partial charge is 0.347 e. The minimum absolute atomic E-state index is 0.0647. The van der Waals surface area contributed by atoms with Gasteiger partial charge in [-0.25, -0.2) is 4.98 Å². The molecule has 3 rings (SSSR count). The highest BCUT2D eigenvalue weighted by Gasteiger charge is 2.16. The number of rotatable bonds is 3. The van der Waals surface area contributed by atoms with Crippen molar-refractivity contribution in [2.45, 2.75) is 20.4 Å². The summed E-state index contributed by atoms with van der Waals surface area (Å²) in [7, 11) is 0. The van der Waals surface area contributed by atoms with Crippen molar-refractivity contribution < 1.29 is 4.79 Å². The number of anilines is 1. The molecule has 0 saturated carbocycles. The molecule has 0 saturated heterocycles. The number of nitrogens with zero attached hydrogens (tertiary/aromatic N) is 2. The number of hydrogen-bond donors (Lipinski definition) is 1. The fraction of sp³-hybridized carbons (Fsp3) is 0.167. The van der Waals surface area contributed by atoms with E-state index in [1.807, 2.05) is 24.5 Å². The molecule has 3 aromatic rings. The normalized spacial score (nSPS) is 10.8. The Kier molecular flexibility index (Phi) is 4.36. The summed E-state index contributed by atoms with van der Waals surface area (Å²) in [5, 5.41) is 3.56. The molecule has 0 aliphatic carbocycles. The average Bonchev–Trinajstić information content (AvgIpc) is 2.55. The summed E-state index contributed by atoms with van der Waals surface area (Å²) in [5.74, 6) is -0.0733. The summed E-state index contributed by atoms with van der Waals surface area (Å²) < 4.78 is 1.85. The van der Waals surface area contributed by atoms with Crippen molar-refractivity contribution >= 4 is 34.2 Å². The van der Waals surface area contributed by atoms with Crippen LogP contribution in [0.1, 0.15) is 23.0 Å². The van der Waals surface area contributed by atoms with E-state index in [0.29, 0.717) is 22.8 Å². The zero-order valence-corrected chi connectivity index (χ0v) is 14.1. The Morgan fingerprint density at radius 2 is 2.08 bits per heavy atom. The van der Waals surface area contributed by atoms with Crippen LogP contribution in [0.25, 0.3) is 10.9 Å². The third-order valence-corrected chi connectivity index (χ3v) is 3.99. The summed E-state index contributed by atoms with van der Waals surface area (Å²) in [4.78, 5) is 29.5.